The molecule has 1 aliphatic carbocycles. The van der Waals surface area contributed by atoms with Crippen molar-refractivity contribution < 1.29 is 9.90 Å². The summed E-state index contributed by atoms with van der Waals surface area (Å²) < 4.78 is 0. The van der Waals surface area contributed by atoms with E-state index in [1.807, 2.05) is 0 Å². The first kappa shape index (κ1) is 11.3. The molecule has 18 heavy (non-hydrogen) atoms. The van der Waals surface area contributed by atoms with Crippen LogP contribution >= 0.6 is 0 Å². The molecule has 1 aromatic heterocycles. The molecule has 3 rings (SSSR count). The van der Waals surface area contributed by atoms with Crippen LogP contribution in [0, 0.1) is 19.8 Å². The lowest BCUT2D eigenvalue weighted by molar-refractivity contribution is -0.142. The highest BCUT2D eigenvalue weighted by molar-refractivity contribution is 5.89. The Morgan fingerprint density at radius 3 is 2.89 bits per heavy atom. The number of fused-ring (bicyclic) bond motifs is 3. The van der Waals surface area contributed by atoms with Crippen LogP contribution in [-0.4, -0.2) is 16.1 Å². The number of carbonyl (C=O) groups is 1. The maximum atomic E-state index is 11.1. The van der Waals surface area contributed by atoms with E-state index in [0.29, 0.717) is 6.42 Å². The number of aryl methyl sites for hydroxylation is 3. The molecule has 94 valence electrons. The third-order valence-electron chi connectivity index (χ3n) is 3.97. The van der Waals surface area contributed by atoms with Crippen molar-refractivity contribution in [1.29, 1.82) is 0 Å². The van der Waals surface area contributed by atoms with Gasteiger partial charge in [0.25, 0.3) is 0 Å². The van der Waals surface area contributed by atoms with E-state index in [-0.39, 0.29) is 5.92 Å². The fourth-order valence-electron chi connectivity index (χ4n) is 3.18. The first-order valence-electron chi connectivity index (χ1n) is 6.39. The van der Waals surface area contributed by atoms with Gasteiger partial charge in [0.15, 0.2) is 0 Å². The molecule has 2 N–H and O–H groups in total. The average Bonchev–Trinajstić information content (AvgIpc) is 2.65. The van der Waals surface area contributed by atoms with Crippen LogP contribution in [0.2, 0.25) is 0 Å². The van der Waals surface area contributed by atoms with Gasteiger partial charge in [0.1, 0.15) is 0 Å². The number of aliphatic carboxylic acids is 1. The van der Waals surface area contributed by atoms with Gasteiger partial charge in [-0.1, -0.05) is 6.07 Å². The maximum absolute atomic E-state index is 11.1. The Labute approximate surface area is 106 Å². The van der Waals surface area contributed by atoms with Gasteiger partial charge in [0.2, 0.25) is 0 Å². The number of benzene rings is 1. The fourth-order valence-corrected chi connectivity index (χ4v) is 3.18. The third-order valence-corrected chi connectivity index (χ3v) is 3.97. The summed E-state index contributed by atoms with van der Waals surface area (Å²) in [5, 5.41) is 10.4. The van der Waals surface area contributed by atoms with Crippen LogP contribution in [0.5, 0.6) is 0 Å². The predicted molar refractivity (Wildman–Crippen MR) is 70.9 cm³/mol. The zero-order chi connectivity index (χ0) is 12.9. The normalized spacial score (nSPS) is 18.9. The highest BCUT2D eigenvalue weighted by Gasteiger charge is 2.27. The van der Waals surface area contributed by atoms with E-state index >= 15 is 0 Å². The number of rotatable bonds is 1. The van der Waals surface area contributed by atoms with Crippen molar-refractivity contribution >= 4 is 16.9 Å². The molecule has 0 saturated carbocycles. The largest absolute Gasteiger partial charge is 0.481 e. The minimum absolute atomic E-state index is 0.230. The molecule has 0 saturated heterocycles. The Morgan fingerprint density at radius 2 is 2.17 bits per heavy atom. The number of hydrogen-bond donors (Lipinski definition) is 2. The molecule has 0 amide bonds. The molecular weight excluding hydrogens is 226 g/mol. The number of H-pyrrole nitrogens is 1. The van der Waals surface area contributed by atoms with Crippen LogP contribution in [0.4, 0.5) is 0 Å². The van der Waals surface area contributed by atoms with Gasteiger partial charge in [0, 0.05) is 23.0 Å². The number of hydrogen-bond acceptors (Lipinski definition) is 1. The Bertz CT molecular complexity index is 639. The Morgan fingerprint density at radius 1 is 1.39 bits per heavy atom. The lowest BCUT2D eigenvalue weighted by Gasteiger charge is -2.18. The van der Waals surface area contributed by atoms with Crippen molar-refractivity contribution in [2.45, 2.75) is 33.1 Å². The summed E-state index contributed by atoms with van der Waals surface area (Å²) in [6.45, 7) is 4.22. The Kier molecular flexibility index (Phi) is 2.44. The molecule has 3 nitrogen and oxygen atoms in total. The SMILES string of the molecule is Cc1cc(C)c2c3c([nH]c2c1)CC(C(=O)O)CC3. The van der Waals surface area contributed by atoms with Gasteiger partial charge in [-0.15, -0.1) is 0 Å². The summed E-state index contributed by atoms with van der Waals surface area (Å²) in [5.41, 5.74) is 6.14. The first-order chi connectivity index (χ1) is 8.56. The zero-order valence-corrected chi connectivity index (χ0v) is 10.7. The maximum Gasteiger partial charge on any atom is 0.306 e. The number of nitrogens with one attached hydrogen (secondary N) is 1. The highest BCUT2D eigenvalue weighted by Crippen LogP contribution is 2.33. The topological polar surface area (TPSA) is 53.1 Å². The molecule has 0 aliphatic heterocycles. The van der Waals surface area contributed by atoms with Crippen LogP contribution in [0.3, 0.4) is 0 Å². The van der Waals surface area contributed by atoms with Crippen molar-refractivity contribution in [1.82, 2.24) is 4.98 Å². The molecule has 0 bridgehead atoms. The van der Waals surface area contributed by atoms with Crippen LogP contribution < -0.4 is 0 Å². The molecule has 1 unspecified atom stereocenters. The standard InChI is InChI=1S/C15H17NO2/c1-8-5-9(2)14-11-4-3-10(15(17)18)7-12(11)16-13(14)6-8/h5-6,10,16H,3-4,7H2,1-2H3,(H,17,18). The van der Waals surface area contributed by atoms with Gasteiger partial charge < -0.3 is 10.1 Å². The third kappa shape index (κ3) is 1.62. The molecule has 1 heterocycles. The summed E-state index contributed by atoms with van der Waals surface area (Å²) in [6, 6.07) is 4.34. The predicted octanol–water partition coefficient (Wildman–Crippen LogP) is 2.97. The highest BCUT2D eigenvalue weighted by atomic mass is 16.4. The van der Waals surface area contributed by atoms with E-state index in [9.17, 15) is 4.79 Å². The quantitative estimate of drug-likeness (QED) is 0.809. The number of aromatic amines is 1. The van der Waals surface area contributed by atoms with Gasteiger partial charge in [-0.05, 0) is 49.4 Å². The molecule has 2 aromatic rings. The summed E-state index contributed by atoms with van der Waals surface area (Å²) >= 11 is 0. The minimum atomic E-state index is -0.674. The number of carboxylic acid groups (broad SMARTS) is 1. The van der Waals surface area contributed by atoms with Gasteiger partial charge in [0.05, 0.1) is 5.92 Å². The molecule has 0 fully saturated rings. The number of aromatic nitrogens is 1. The first-order valence-corrected chi connectivity index (χ1v) is 6.39. The molecule has 0 radical (unpaired) electrons. The van der Waals surface area contributed by atoms with Gasteiger partial charge in [-0.2, -0.15) is 0 Å². The van der Waals surface area contributed by atoms with E-state index in [4.69, 9.17) is 5.11 Å². The molecule has 1 aromatic carbocycles. The van der Waals surface area contributed by atoms with Gasteiger partial charge >= 0.3 is 5.97 Å². The zero-order valence-electron chi connectivity index (χ0n) is 10.7. The Balaban J connectivity index is 2.16. The average molecular weight is 243 g/mol. The molecule has 0 spiro atoms. The van der Waals surface area contributed by atoms with E-state index in [1.165, 1.54) is 22.1 Å². The summed E-state index contributed by atoms with van der Waals surface area (Å²) in [6.07, 6.45) is 2.26. The minimum Gasteiger partial charge on any atom is -0.481 e. The summed E-state index contributed by atoms with van der Waals surface area (Å²) in [7, 11) is 0. The van der Waals surface area contributed by atoms with Crippen LogP contribution in [0.15, 0.2) is 12.1 Å². The van der Waals surface area contributed by atoms with Gasteiger partial charge in [-0.25, -0.2) is 0 Å². The molecule has 1 atom stereocenters. The second-order valence-electron chi connectivity index (χ2n) is 5.36. The van der Waals surface area contributed by atoms with Crippen molar-refractivity contribution in [2.24, 2.45) is 5.92 Å². The van der Waals surface area contributed by atoms with Crippen molar-refractivity contribution in [3.63, 3.8) is 0 Å². The van der Waals surface area contributed by atoms with Crippen molar-refractivity contribution in [3.05, 3.63) is 34.5 Å². The number of carboxylic acids is 1. The monoisotopic (exact) mass is 243 g/mol. The van der Waals surface area contributed by atoms with E-state index < -0.39 is 5.97 Å². The van der Waals surface area contributed by atoms with Crippen LogP contribution in [-0.2, 0) is 17.6 Å². The van der Waals surface area contributed by atoms with Crippen molar-refractivity contribution in [3.8, 4) is 0 Å². The smallest absolute Gasteiger partial charge is 0.306 e. The van der Waals surface area contributed by atoms with Crippen LogP contribution in [0.25, 0.3) is 10.9 Å². The molecule has 1 aliphatic rings. The second-order valence-corrected chi connectivity index (χ2v) is 5.36. The van der Waals surface area contributed by atoms with E-state index in [2.05, 4.69) is 31.0 Å². The van der Waals surface area contributed by atoms with E-state index in [0.717, 1.165) is 24.1 Å². The Hall–Kier alpha value is -1.77. The van der Waals surface area contributed by atoms with Crippen LogP contribution in [0.1, 0.15) is 28.8 Å². The summed E-state index contributed by atoms with van der Waals surface area (Å²) in [4.78, 5) is 14.5. The lowest BCUT2D eigenvalue weighted by Crippen LogP contribution is -2.21. The molecular formula is C15H17NO2. The fraction of sp³-hybridized carbons (Fsp3) is 0.400. The second kappa shape index (κ2) is 3.87. The van der Waals surface area contributed by atoms with Gasteiger partial charge in [-0.3, -0.25) is 4.79 Å². The lowest BCUT2D eigenvalue weighted by atomic mass is 9.86. The van der Waals surface area contributed by atoms with Crippen molar-refractivity contribution in [2.75, 3.05) is 0 Å². The summed E-state index contributed by atoms with van der Waals surface area (Å²) in [5.74, 6) is -0.904. The van der Waals surface area contributed by atoms with E-state index in [1.54, 1.807) is 0 Å². The molecule has 3 heteroatoms.